The van der Waals surface area contributed by atoms with Crippen molar-refractivity contribution in [3.05, 3.63) is 36.0 Å². The van der Waals surface area contributed by atoms with E-state index < -0.39 is 0 Å². The molecule has 22 heavy (non-hydrogen) atoms. The van der Waals surface area contributed by atoms with Crippen LogP contribution in [0.2, 0.25) is 0 Å². The maximum Gasteiger partial charge on any atom is 0.321 e. The van der Waals surface area contributed by atoms with Crippen LogP contribution >= 0.6 is 0 Å². The van der Waals surface area contributed by atoms with Gasteiger partial charge in [0.25, 0.3) is 0 Å². The number of aryl methyl sites for hydroxylation is 1. The van der Waals surface area contributed by atoms with Crippen molar-refractivity contribution in [2.24, 2.45) is 0 Å². The number of terminal acetylenes is 1. The number of hydrogen-bond donors (Lipinski definition) is 1. The number of carbonyl (C=O) groups is 1. The number of nitrogens with zero attached hydrogens (tertiary/aromatic N) is 3. The highest BCUT2D eigenvalue weighted by Crippen LogP contribution is 2.16. The Balaban J connectivity index is 1.89. The van der Waals surface area contributed by atoms with E-state index in [9.17, 15) is 4.79 Å². The summed E-state index contributed by atoms with van der Waals surface area (Å²) in [7, 11) is 1.64. The van der Waals surface area contributed by atoms with Gasteiger partial charge in [-0.3, -0.25) is 0 Å². The third-order valence-electron chi connectivity index (χ3n) is 2.72. The molecule has 0 aliphatic rings. The van der Waals surface area contributed by atoms with Crippen LogP contribution in [0.3, 0.4) is 0 Å². The fourth-order valence-electron chi connectivity index (χ4n) is 1.67. The summed E-state index contributed by atoms with van der Waals surface area (Å²) in [5, 5.41) is 6.50. The Bertz CT molecular complexity index is 673. The molecule has 2 amide bonds. The molecular weight excluding hydrogens is 284 g/mol. The highest BCUT2D eigenvalue weighted by molar-refractivity contribution is 5.89. The molecule has 0 aliphatic heterocycles. The molecular formula is C15H16N4O3. The maximum absolute atomic E-state index is 12.1. The zero-order valence-corrected chi connectivity index (χ0v) is 12.4. The summed E-state index contributed by atoms with van der Waals surface area (Å²) in [5.41, 5.74) is 0.647. The number of benzene rings is 1. The van der Waals surface area contributed by atoms with Gasteiger partial charge in [0.2, 0.25) is 5.89 Å². The molecule has 2 aromatic rings. The molecule has 0 bridgehead atoms. The number of ether oxygens (including phenoxy) is 1. The average molecular weight is 300 g/mol. The Kier molecular flexibility index (Phi) is 4.98. The second-order valence-corrected chi connectivity index (χ2v) is 4.53. The van der Waals surface area contributed by atoms with Gasteiger partial charge < -0.3 is 19.5 Å². The topological polar surface area (TPSA) is 80.5 Å². The number of amides is 2. The average Bonchev–Trinajstić information content (AvgIpc) is 2.91. The Morgan fingerprint density at radius 2 is 2.18 bits per heavy atom. The van der Waals surface area contributed by atoms with Gasteiger partial charge in [0.15, 0.2) is 5.82 Å². The molecule has 1 aromatic heterocycles. The molecule has 1 aromatic carbocycles. The zero-order chi connectivity index (χ0) is 15.9. The Hall–Kier alpha value is -3.01. The summed E-state index contributed by atoms with van der Waals surface area (Å²) in [6.45, 7) is 2.16. The molecule has 0 aliphatic carbocycles. The van der Waals surface area contributed by atoms with E-state index in [4.69, 9.17) is 15.7 Å². The normalized spacial score (nSPS) is 9.86. The molecule has 0 fully saturated rings. The lowest BCUT2D eigenvalue weighted by molar-refractivity contribution is 0.219. The first kappa shape index (κ1) is 15.4. The largest absolute Gasteiger partial charge is 0.481 e. The van der Waals surface area contributed by atoms with E-state index in [-0.39, 0.29) is 19.2 Å². The molecule has 0 atom stereocenters. The van der Waals surface area contributed by atoms with Crippen molar-refractivity contribution in [1.29, 1.82) is 0 Å². The molecule has 0 radical (unpaired) electrons. The van der Waals surface area contributed by atoms with E-state index in [1.807, 2.05) is 0 Å². The first-order chi connectivity index (χ1) is 10.6. The third kappa shape index (κ3) is 4.24. The van der Waals surface area contributed by atoms with Gasteiger partial charge in [-0.15, -0.1) is 6.42 Å². The lowest BCUT2D eigenvalue weighted by atomic mass is 10.3. The summed E-state index contributed by atoms with van der Waals surface area (Å²) >= 11 is 0. The number of rotatable bonds is 5. The monoisotopic (exact) mass is 300 g/mol. The fourth-order valence-corrected chi connectivity index (χ4v) is 1.67. The van der Waals surface area contributed by atoms with Crippen LogP contribution in [0, 0.1) is 19.3 Å². The SMILES string of the molecule is C#CCOc1ccc(NC(=O)N(C)Cc2noc(C)n2)cc1. The Labute approximate surface area is 128 Å². The standard InChI is InChI=1S/C15H16N4O3/c1-4-9-21-13-7-5-12(6-8-13)17-15(20)19(3)10-14-16-11(2)22-18-14/h1,5-8H,9-10H2,2-3H3,(H,17,20). The van der Waals surface area contributed by atoms with E-state index >= 15 is 0 Å². The second-order valence-electron chi connectivity index (χ2n) is 4.53. The van der Waals surface area contributed by atoms with Gasteiger partial charge in [-0.2, -0.15) is 4.98 Å². The molecule has 0 unspecified atom stereocenters. The third-order valence-corrected chi connectivity index (χ3v) is 2.72. The molecule has 7 heteroatoms. The van der Waals surface area contributed by atoms with E-state index in [0.717, 1.165) is 0 Å². The van der Waals surface area contributed by atoms with Gasteiger partial charge in [0, 0.05) is 19.7 Å². The van der Waals surface area contributed by atoms with Crippen LogP contribution in [0.4, 0.5) is 10.5 Å². The van der Waals surface area contributed by atoms with Crippen molar-refractivity contribution in [3.8, 4) is 18.1 Å². The molecule has 114 valence electrons. The highest BCUT2D eigenvalue weighted by Gasteiger charge is 2.12. The molecule has 1 N–H and O–H groups in total. The predicted molar refractivity (Wildman–Crippen MR) is 80.3 cm³/mol. The highest BCUT2D eigenvalue weighted by atomic mass is 16.5. The number of carbonyl (C=O) groups excluding carboxylic acids is 1. The van der Waals surface area contributed by atoms with Crippen LogP contribution in [0.5, 0.6) is 5.75 Å². The molecule has 0 saturated carbocycles. The first-order valence-corrected chi connectivity index (χ1v) is 6.56. The van der Waals surface area contributed by atoms with Crippen LogP contribution in [0.15, 0.2) is 28.8 Å². The minimum absolute atomic E-state index is 0.207. The lowest BCUT2D eigenvalue weighted by Gasteiger charge is -2.16. The van der Waals surface area contributed by atoms with Gasteiger partial charge in [-0.05, 0) is 24.3 Å². The predicted octanol–water partition coefficient (Wildman–Crippen LogP) is 2.05. The maximum atomic E-state index is 12.1. The van der Waals surface area contributed by atoms with Gasteiger partial charge in [-0.1, -0.05) is 11.1 Å². The number of nitrogens with one attached hydrogen (secondary N) is 1. The van der Waals surface area contributed by atoms with Crippen molar-refractivity contribution in [1.82, 2.24) is 15.0 Å². The van der Waals surface area contributed by atoms with Crippen molar-refractivity contribution in [3.63, 3.8) is 0 Å². The Morgan fingerprint density at radius 1 is 1.45 bits per heavy atom. The molecule has 1 heterocycles. The van der Waals surface area contributed by atoms with Crippen molar-refractivity contribution >= 4 is 11.7 Å². The van der Waals surface area contributed by atoms with Crippen LogP contribution in [0.1, 0.15) is 11.7 Å². The van der Waals surface area contributed by atoms with Crippen molar-refractivity contribution < 1.29 is 14.1 Å². The van der Waals surface area contributed by atoms with E-state index in [0.29, 0.717) is 23.2 Å². The van der Waals surface area contributed by atoms with Gasteiger partial charge in [0.05, 0.1) is 6.54 Å². The summed E-state index contributed by atoms with van der Waals surface area (Å²) in [6.07, 6.45) is 5.12. The first-order valence-electron chi connectivity index (χ1n) is 6.56. The van der Waals surface area contributed by atoms with Gasteiger partial charge >= 0.3 is 6.03 Å². The summed E-state index contributed by atoms with van der Waals surface area (Å²) in [5.74, 6) is 3.95. The smallest absolute Gasteiger partial charge is 0.321 e. The number of urea groups is 1. The molecule has 0 spiro atoms. The van der Waals surface area contributed by atoms with Crippen LogP contribution in [-0.2, 0) is 6.54 Å². The van der Waals surface area contributed by atoms with Gasteiger partial charge in [0.1, 0.15) is 12.4 Å². The zero-order valence-electron chi connectivity index (χ0n) is 12.4. The van der Waals surface area contributed by atoms with E-state index in [2.05, 4.69) is 21.4 Å². The lowest BCUT2D eigenvalue weighted by Crippen LogP contribution is -2.31. The summed E-state index contributed by atoms with van der Waals surface area (Å²) in [4.78, 5) is 17.6. The minimum Gasteiger partial charge on any atom is -0.481 e. The molecule has 7 nitrogen and oxygen atoms in total. The fraction of sp³-hybridized carbons (Fsp3) is 0.267. The van der Waals surface area contributed by atoms with E-state index in [1.54, 1.807) is 38.2 Å². The van der Waals surface area contributed by atoms with Crippen LogP contribution in [0.25, 0.3) is 0 Å². The van der Waals surface area contributed by atoms with Crippen molar-refractivity contribution in [2.45, 2.75) is 13.5 Å². The van der Waals surface area contributed by atoms with E-state index in [1.165, 1.54) is 4.90 Å². The second kappa shape index (κ2) is 7.13. The molecule has 0 saturated heterocycles. The Morgan fingerprint density at radius 3 is 2.77 bits per heavy atom. The quantitative estimate of drug-likeness (QED) is 0.855. The number of hydrogen-bond acceptors (Lipinski definition) is 5. The summed E-state index contributed by atoms with van der Waals surface area (Å²) < 4.78 is 10.1. The molecule has 2 rings (SSSR count). The summed E-state index contributed by atoms with van der Waals surface area (Å²) in [6, 6.07) is 6.65. The number of anilines is 1. The van der Waals surface area contributed by atoms with Crippen LogP contribution < -0.4 is 10.1 Å². The van der Waals surface area contributed by atoms with Gasteiger partial charge in [-0.25, -0.2) is 4.79 Å². The number of aromatic nitrogens is 2. The minimum atomic E-state index is -0.278. The van der Waals surface area contributed by atoms with Crippen molar-refractivity contribution in [2.75, 3.05) is 19.0 Å². The van der Waals surface area contributed by atoms with Crippen LogP contribution in [-0.4, -0.2) is 34.7 Å².